The second kappa shape index (κ2) is 8.39. The average Bonchev–Trinajstić information content (AvgIpc) is 2.85. The molecule has 2 aromatic rings. The fraction of sp³-hybridized carbons (Fsp3) is 0.350. The van der Waals surface area contributed by atoms with E-state index in [0.29, 0.717) is 10.6 Å². The number of halogens is 1. The first kappa shape index (κ1) is 19.2. The van der Waals surface area contributed by atoms with E-state index < -0.39 is 23.5 Å². The smallest absolute Gasteiger partial charge is 0.305 e. The van der Waals surface area contributed by atoms with Crippen molar-refractivity contribution in [1.82, 2.24) is 10.3 Å². The maximum atomic E-state index is 12.7. The number of hydrogen-bond acceptors (Lipinski definition) is 3. The fourth-order valence-corrected chi connectivity index (χ4v) is 3.50. The van der Waals surface area contributed by atoms with Gasteiger partial charge in [-0.15, -0.1) is 0 Å². The van der Waals surface area contributed by atoms with Gasteiger partial charge in [-0.25, -0.2) is 0 Å². The maximum absolute atomic E-state index is 12.7. The molecule has 6 nitrogen and oxygen atoms in total. The number of H-pyrrole nitrogens is 1. The molecule has 1 aromatic carbocycles. The minimum Gasteiger partial charge on any atom is -0.481 e. The minimum atomic E-state index is -1.05. The Morgan fingerprint density at radius 2 is 1.85 bits per heavy atom. The maximum Gasteiger partial charge on any atom is 0.305 e. The first-order valence-corrected chi connectivity index (χ1v) is 9.35. The Hall–Kier alpha value is -2.60. The first-order valence-electron chi connectivity index (χ1n) is 8.97. The molecule has 1 aliphatic carbocycles. The molecule has 142 valence electrons. The lowest BCUT2D eigenvalue weighted by Gasteiger charge is -2.18. The molecular weight excluding hydrogens is 368 g/mol. The molecule has 7 heteroatoms. The van der Waals surface area contributed by atoms with E-state index in [1.807, 2.05) is 0 Å². The Morgan fingerprint density at radius 3 is 2.56 bits per heavy atom. The Bertz CT molecular complexity index is 905. The number of rotatable bonds is 5. The van der Waals surface area contributed by atoms with Gasteiger partial charge in [0.1, 0.15) is 5.56 Å². The van der Waals surface area contributed by atoms with Gasteiger partial charge in [0, 0.05) is 10.7 Å². The summed E-state index contributed by atoms with van der Waals surface area (Å²) in [7, 11) is 0. The van der Waals surface area contributed by atoms with E-state index >= 15 is 0 Å². The van der Waals surface area contributed by atoms with Crippen LogP contribution in [0.5, 0.6) is 0 Å². The lowest BCUT2D eigenvalue weighted by molar-refractivity contribution is -0.137. The highest BCUT2D eigenvalue weighted by atomic mass is 35.5. The standard InChI is InChI=1S/C20H21ClN2O4/c21-14-8-6-12(7-9-14)17(11-18(24)25)23-20(27)15-10-13-4-2-1-3-5-16(13)22-19(15)26/h6-10,17H,1-5,11H2,(H,22,26)(H,23,27)(H,24,25)/t17-/m0/s1. The van der Waals surface area contributed by atoms with Gasteiger partial charge in [0.25, 0.3) is 11.5 Å². The second-order valence-corrected chi connectivity index (χ2v) is 7.19. The summed E-state index contributed by atoms with van der Waals surface area (Å²) in [6.07, 6.45) is 4.46. The normalized spacial score (nSPS) is 14.7. The predicted octanol–water partition coefficient (Wildman–Crippen LogP) is 3.24. The van der Waals surface area contributed by atoms with Crippen LogP contribution in [0.1, 0.15) is 58.9 Å². The molecule has 0 saturated heterocycles. The number of fused-ring (bicyclic) bond motifs is 1. The van der Waals surface area contributed by atoms with Crippen LogP contribution in [0.3, 0.4) is 0 Å². The molecule has 0 bridgehead atoms. The summed E-state index contributed by atoms with van der Waals surface area (Å²) >= 11 is 5.88. The van der Waals surface area contributed by atoms with E-state index in [4.69, 9.17) is 11.6 Å². The van der Waals surface area contributed by atoms with Gasteiger partial charge in [0.2, 0.25) is 0 Å². The van der Waals surface area contributed by atoms with Gasteiger partial charge in [-0.1, -0.05) is 30.2 Å². The number of hydrogen-bond donors (Lipinski definition) is 3. The number of carboxylic acid groups (broad SMARTS) is 1. The Kier molecular flexibility index (Phi) is 5.96. The van der Waals surface area contributed by atoms with Gasteiger partial charge in [-0.2, -0.15) is 0 Å². The molecular formula is C20H21ClN2O4. The Morgan fingerprint density at radius 1 is 1.15 bits per heavy atom. The number of aryl methyl sites for hydroxylation is 2. The van der Waals surface area contributed by atoms with E-state index in [1.54, 1.807) is 30.3 Å². The summed E-state index contributed by atoms with van der Waals surface area (Å²) in [5.41, 5.74) is 2.06. The zero-order chi connectivity index (χ0) is 19.4. The number of benzene rings is 1. The van der Waals surface area contributed by atoms with Crippen LogP contribution >= 0.6 is 11.6 Å². The fourth-order valence-electron chi connectivity index (χ4n) is 3.38. The van der Waals surface area contributed by atoms with E-state index in [-0.39, 0.29) is 12.0 Å². The zero-order valence-corrected chi connectivity index (χ0v) is 15.5. The van der Waals surface area contributed by atoms with Gasteiger partial charge in [-0.05, 0) is 55.0 Å². The highest BCUT2D eigenvalue weighted by molar-refractivity contribution is 6.30. The van der Waals surface area contributed by atoms with E-state index in [0.717, 1.165) is 43.4 Å². The molecule has 0 unspecified atom stereocenters. The topological polar surface area (TPSA) is 99.3 Å². The van der Waals surface area contributed by atoms with Crippen LogP contribution in [0.15, 0.2) is 35.1 Å². The van der Waals surface area contributed by atoms with E-state index in [9.17, 15) is 19.5 Å². The Balaban J connectivity index is 1.87. The van der Waals surface area contributed by atoms with Crippen molar-refractivity contribution in [2.45, 2.75) is 44.6 Å². The van der Waals surface area contributed by atoms with Crippen LogP contribution in [-0.4, -0.2) is 22.0 Å². The molecule has 0 saturated carbocycles. The third kappa shape index (κ3) is 4.77. The summed E-state index contributed by atoms with van der Waals surface area (Å²) < 4.78 is 0. The van der Waals surface area contributed by atoms with Crippen molar-refractivity contribution in [3.8, 4) is 0 Å². The van der Waals surface area contributed by atoms with Crippen LogP contribution in [0, 0.1) is 0 Å². The molecule has 1 aromatic heterocycles. The highest BCUT2D eigenvalue weighted by Crippen LogP contribution is 2.21. The van der Waals surface area contributed by atoms with Crippen LogP contribution in [-0.2, 0) is 17.6 Å². The number of carboxylic acids is 1. The highest BCUT2D eigenvalue weighted by Gasteiger charge is 2.22. The second-order valence-electron chi connectivity index (χ2n) is 6.75. The summed E-state index contributed by atoms with van der Waals surface area (Å²) in [6.45, 7) is 0. The van der Waals surface area contributed by atoms with E-state index in [2.05, 4.69) is 10.3 Å². The summed E-state index contributed by atoms with van der Waals surface area (Å²) in [4.78, 5) is 39.1. The minimum absolute atomic E-state index is 0.0139. The van der Waals surface area contributed by atoms with Crippen LogP contribution in [0.4, 0.5) is 0 Å². The third-order valence-corrected chi connectivity index (χ3v) is 5.04. The largest absolute Gasteiger partial charge is 0.481 e. The molecule has 1 heterocycles. The van der Waals surface area contributed by atoms with Crippen LogP contribution < -0.4 is 10.9 Å². The number of carbonyl (C=O) groups is 2. The summed E-state index contributed by atoms with van der Waals surface area (Å²) in [5, 5.41) is 12.4. The predicted molar refractivity (Wildman–Crippen MR) is 102 cm³/mol. The zero-order valence-electron chi connectivity index (χ0n) is 14.8. The molecule has 0 aliphatic heterocycles. The number of amides is 1. The van der Waals surface area contributed by atoms with Gasteiger partial charge < -0.3 is 15.4 Å². The quantitative estimate of drug-likeness (QED) is 0.684. The lowest BCUT2D eigenvalue weighted by atomic mass is 10.0. The van der Waals surface area contributed by atoms with Crippen LogP contribution in [0.25, 0.3) is 0 Å². The molecule has 3 N–H and O–H groups in total. The molecule has 1 atom stereocenters. The summed E-state index contributed by atoms with van der Waals surface area (Å²) in [5.74, 6) is -1.63. The Labute approximate surface area is 161 Å². The summed E-state index contributed by atoms with van der Waals surface area (Å²) in [6, 6.07) is 7.48. The van der Waals surface area contributed by atoms with Gasteiger partial charge in [-0.3, -0.25) is 14.4 Å². The lowest BCUT2D eigenvalue weighted by Crippen LogP contribution is -2.34. The van der Waals surface area contributed by atoms with Crippen molar-refractivity contribution in [2.75, 3.05) is 0 Å². The van der Waals surface area contributed by atoms with Crippen molar-refractivity contribution in [1.29, 1.82) is 0 Å². The average molecular weight is 389 g/mol. The van der Waals surface area contributed by atoms with Crippen molar-refractivity contribution in [2.24, 2.45) is 0 Å². The van der Waals surface area contributed by atoms with Gasteiger partial charge in [0.05, 0.1) is 12.5 Å². The van der Waals surface area contributed by atoms with E-state index in [1.165, 1.54) is 0 Å². The van der Waals surface area contributed by atoms with Crippen molar-refractivity contribution >= 4 is 23.5 Å². The SMILES string of the molecule is O=C(O)C[C@H](NC(=O)c1cc2c([nH]c1=O)CCCCC2)c1ccc(Cl)cc1. The molecule has 3 rings (SSSR count). The number of aromatic nitrogens is 1. The molecule has 0 spiro atoms. The molecule has 0 radical (unpaired) electrons. The van der Waals surface area contributed by atoms with Crippen LogP contribution in [0.2, 0.25) is 5.02 Å². The monoisotopic (exact) mass is 388 g/mol. The first-order chi connectivity index (χ1) is 12.9. The number of nitrogens with one attached hydrogen (secondary N) is 2. The number of pyridine rings is 1. The van der Waals surface area contributed by atoms with Crippen molar-refractivity contribution in [3.05, 3.63) is 68.1 Å². The molecule has 1 amide bonds. The molecule has 1 aliphatic rings. The molecule has 0 fully saturated rings. The molecule has 27 heavy (non-hydrogen) atoms. The van der Waals surface area contributed by atoms with Gasteiger partial charge >= 0.3 is 5.97 Å². The third-order valence-electron chi connectivity index (χ3n) is 4.79. The number of aromatic amines is 1. The van der Waals surface area contributed by atoms with Crippen molar-refractivity contribution < 1.29 is 14.7 Å². The van der Waals surface area contributed by atoms with Crippen molar-refractivity contribution in [3.63, 3.8) is 0 Å². The number of aliphatic carboxylic acids is 1. The van der Waals surface area contributed by atoms with Gasteiger partial charge in [0.15, 0.2) is 0 Å². The number of carbonyl (C=O) groups excluding carboxylic acids is 1.